The number of piperazine rings is 1. The van der Waals surface area contributed by atoms with E-state index in [0.717, 1.165) is 35.2 Å². The second-order valence-electron chi connectivity index (χ2n) is 6.51. The summed E-state index contributed by atoms with van der Waals surface area (Å²) in [4.78, 5) is 28.2. The molecule has 4 fully saturated rings. The van der Waals surface area contributed by atoms with Gasteiger partial charge in [-0.15, -0.1) is 0 Å². The van der Waals surface area contributed by atoms with Gasteiger partial charge in [0, 0.05) is 29.6 Å². The summed E-state index contributed by atoms with van der Waals surface area (Å²) in [5.41, 5.74) is 1.11. The molecule has 4 nitrogen and oxygen atoms in total. The number of amides is 2. The predicted octanol–water partition coefficient (Wildman–Crippen LogP) is 2.17. The molecule has 1 saturated heterocycles. The van der Waals surface area contributed by atoms with E-state index in [9.17, 15) is 9.59 Å². The number of halogens is 1. The fraction of sp³-hybridized carbons (Fsp3) is 0.500. The van der Waals surface area contributed by atoms with Crippen LogP contribution in [0.15, 0.2) is 28.7 Å². The highest BCUT2D eigenvalue weighted by Crippen LogP contribution is 2.60. The van der Waals surface area contributed by atoms with E-state index in [1.54, 1.807) is 4.90 Å². The number of hydrogen-bond donors (Lipinski definition) is 0. The van der Waals surface area contributed by atoms with Crippen LogP contribution in [-0.4, -0.2) is 40.2 Å². The van der Waals surface area contributed by atoms with Crippen LogP contribution in [0.3, 0.4) is 0 Å². The zero-order valence-corrected chi connectivity index (χ0v) is 13.3. The van der Waals surface area contributed by atoms with E-state index in [2.05, 4.69) is 15.9 Å². The third-order valence-electron chi connectivity index (χ3n) is 5.17. The Kier molecular flexibility index (Phi) is 2.89. The fourth-order valence-electron chi connectivity index (χ4n) is 3.85. The van der Waals surface area contributed by atoms with Crippen LogP contribution in [0.5, 0.6) is 0 Å². The number of carbonyl (C=O) groups is 2. The normalized spacial score (nSPS) is 31.0. The van der Waals surface area contributed by atoms with Crippen molar-refractivity contribution < 1.29 is 9.59 Å². The van der Waals surface area contributed by atoms with E-state index in [0.29, 0.717) is 19.6 Å². The minimum atomic E-state index is -0.339. The first-order chi connectivity index (χ1) is 10.1. The lowest BCUT2D eigenvalue weighted by atomic mass is 9.49. The minimum absolute atomic E-state index is 0.0567. The fourth-order valence-corrected chi connectivity index (χ4v) is 4.12. The van der Waals surface area contributed by atoms with Crippen LogP contribution in [0.25, 0.3) is 0 Å². The molecule has 0 aromatic heterocycles. The van der Waals surface area contributed by atoms with Crippen molar-refractivity contribution in [2.75, 3.05) is 13.1 Å². The molecule has 1 aromatic carbocycles. The SMILES string of the molecule is O=C1C(=O)N(C23CC(C2)C3)CCN1Cc1ccc(Br)cc1. The molecule has 5 heteroatoms. The second-order valence-corrected chi connectivity index (χ2v) is 7.43. The molecule has 110 valence electrons. The Bertz CT molecular complexity index is 596. The maximum Gasteiger partial charge on any atom is 0.312 e. The summed E-state index contributed by atoms with van der Waals surface area (Å²) >= 11 is 3.40. The van der Waals surface area contributed by atoms with Crippen molar-refractivity contribution in [3.05, 3.63) is 34.3 Å². The molecule has 0 atom stereocenters. The van der Waals surface area contributed by atoms with Crippen molar-refractivity contribution in [3.8, 4) is 0 Å². The average molecular weight is 349 g/mol. The molecule has 1 aromatic rings. The van der Waals surface area contributed by atoms with Gasteiger partial charge in [0.05, 0.1) is 0 Å². The van der Waals surface area contributed by atoms with Gasteiger partial charge < -0.3 is 9.80 Å². The molecular formula is C16H17BrN2O2. The molecule has 5 rings (SSSR count). The number of nitrogens with zero attached hydrogens (tertiary/aromatic N) is 2. The van der Waals surface area contributed by atoms with E-state index in [-0.39, 0.29) is 17.4 Å². The maximum absolute atomic E-state index is 12.4. The van der Waals surface area contributed by atoms with Gasteiger partial charge in [-0.25, -0.2) is 0 Å². The van der Waals surface area contributed by atoms with Gasteiger partial charge in [-0.05, 0) is 42.9 Å². The Hall–Kier alpha value is -1.36. The third kappa shape index (κ3) is 2.01. The summed E-state index contributed by atoms with van der Waals surface area (Å²) in [7, 11) is 0. The predicted molar refractivity (Wildman–Crippen MR) is 81.3 cm³/mol. The zero-order chi connectivity index (χ0) is 14.6. The number of hydrogen-bond acceptors (Lipinski definition) is 2. The second kappa shape index (κ2) is 4.57. The molecule has 4 aliphatic rings. The highest BCUT2D eigenvalue weighted by atomic mass is 79.9. The molecule has 2 amide bonds. The van der Waals surface area contributed by atoms with Crippen LogP contribution in [0, 0.1) is 5.92 Å². The maximum atomic E-state index is 12.4. The first kappa shape index (κ1) is 13.3. The van der Waals surface area contributed by atoms with Crippen molar-refractivity contribution in [2.45, 2.75) is 31.3 Å². The van der Waals surface area contributed by atoms with Crippen LogP contribution < -0.4 is 0 Å². The van der Waals surface area contributed by atoms with Crippen molar-refractivity contribution in [3.63, 3.8) is 0 Å². The Balaban J connectivity index is 1.45. The van der Waals surface area contributed by atoms with E-state index < -0.39 is 0 Å². The van der Waals surface area contributed by atoms with Gasteiger partial charge in [-0.1, -0.05) is 28.1 Å². The first-order valence-electron chi connectivity index (χ1n) is 7.43. The molecule has 0 unspecified atom stereocenters. The molecule has 3 saturated carbocycles. The summed E-state index contributed by atoms with van der Waals surface area (Å²) < 4.78 is 1.02. The lowest BCUT2D eigenvalue weighted by Gasteiger charge is -2.66. The standard InChI is InChI=1S/C16H17BrN2O2/c17-13-3-1-11(2-4-13)10-18-5-6-19(15(21)14(18)20)16-7-12(8-16)9-16/h1-4,12H,5-10H2. The highest BCUT2D eigenvalue weighted by Gasteiger charge is 2.62. The number of rotatable bonds is 3. The van der Waals surface area contributed by atoms with Crippen molar-refractivity contribution >= 4 is 27.7 Å². The number of carbonyl (C=O) groups excluding carboxylic acids is 2. The lowest BCUT2D eigenvalue weighted by Crippen LogP contribution is -2.73. The van der Waals surface area contributed by atoms with Crippen molar-refractivity contribution in [1.82, 2.24) is 9.80 Å². The molecular weight excluding hydrogens is 332 g/mol. The highest BCUT2D eigenvalue weighted by molar-refractivity contribution is 9.10. The smallest absolute Gasteiger partial charge is 0.312 e. The van der Waals surface area contributed by atoms with Crippen LogP contribution >= 0.6 is 15.9 Å². The van der Waals surface area contributed by atoms with Crippen LogP contribution in [0.2, 0.25) is 0 Å². The number of benzene rings is 1. The molecule has 1 heterocycles. The van der Waals surface area contributed by atoms with E-state index in [4.69, 9.17) is 0 Å². The van der Waals surface area contributed by atoms with Crippen LogP contribution in [0.4, 0.5) is 0 Å². The lowest BCUT2D eigenvalue weighted by molar-refractivity contribution is -0.186. The van der Waals surface area contributed by atoms with Gasteiger partial charge >= 0.3 is 11.8 Å². The first-order valence-corrected chi connectivity index (χ1v) is 8.22. The van der Waals surface area contributed by atoms with E-state index >= 15 is 0 Å². The summed E-state index contributed by atoms with van der Waals surface area (Å²) in [6.07, 6.45) is 3.33. The molecule has 0 radical (unpaired) electrons. The monoisotopic (exact) mass is 348 g/mol. The molecule has 0 N–H and O–H groups in total. The summed E-state index contributed by atoms with van der Waals surface area (Å²) in [5.74, 6) is 0.180. The van der Waals surface area contributed by atoms with E-state index in [1.807, 2.05) is 29.2 Å². The summed E-state index contributed by atoms with van der Waals surface area (Å²) in [6, 6.07) is 7.88. The topological polar surface area (TPSA) is 40.6 Å². The van der Waals surface area contributed by atoms with Crippen molar-refractivity contribution in [2.24, 2.45) is 5.92 Å². The molecule has 3 aliphatic carbocycles. The Morgan fingerprint density at radius 3 is 2.29 bits per heavy atom. The quantitative estimate of drug-likeness (QED) is 0.785. The summed E-state index contributed by atoms with van der Waals surface area (Å²) in [5, 5.41) is 0. The Morgan fingerprint density at radius 2 is 1.71 bits per heavy atom. The Labute approximate surface area is 132 Å². The molecule has 21 heavy (non-hydrogen) atoms. The van der Waals surface area contributed by atoms with Gasteiger partial charge in [0.25, 0.3) is 0 Å². The average Bonchev–Trinajstić information content (AvgIpc) is 2.37. The van der Waals surface area contributed by atoms with Gasteiger partial charge in [0.15, 0.2) is 0 Å². The zero-order valence-electron chi connectivity index (χ0n) is 11.7. The largest absolute Gasteiger partial charge is 0.328 e. The molecule has 1 aliphatic heterocycles. The van der Waals surface area contributed by atoms with Gasteiger partial charge in [0.1, 0.15) is 0 Å². The van der Waals surface area contributed by atoms with Gasteiger partial charge in [-0.3, -0.25) is 9.59 Å². The van der Waals surface area contributed by atoms with Gasteiger partial charge in [0.2, 0.25) is 0 Å². The van der Waals surface area contributed by atoms with Crippen LogP contribution in [0.1, 0.15) is 24.8 Å². The summed E-state index contributed by atoms with van der Waals surface area (Å²) in [6.45, 7) is 1.85. The van der Waals surface area contributed by atoms with Crippen molar-refractivity contribution in [1.29, 1.82) is 0 Å². The minimum Gasteiger partial charge on any atom is -0.328 e. The van der Waals surface area contributed by atoms with E-state index in [1.165, 1.54) is 0 Å². The molecule has 2 bridgehead atoms. The van der Waals surface area contributed by atoms with Gasteiger partial charge in [-0.2, -0.15) is 0 Å². The Morgan fingerprint density at radius 1 is 1.05 bits per heavy atom. The molecule has 0 spiro atoms. The third-order valence-corrected chi connectivity index (χ3v) is 5.70. The van der Waals surface area contributed by atoms with Crippen LogP contribution in [-0.2, 0) is 16.1 Å².